The first-order valence-electron chi connectivity index (χ1n) is 4.13. The van der Waals surface area contributed by atoms with E-state index in [0.717, 1.165) is 9.35 Å². The maximum absolute atomic E-state index is 9.65. The number of aliphatic hydroxyl groups is 1. The molecule has 1 aromatic heterocycles. The maximum atomic E-state index is 9.65. The summed E-state index contributed by atoms with van der Waals surface area (Å²) in [4.78, 5) is 0.938. The fraction of sp³-hybridized carbons (Fsp3) is 0.556. The van der Waals surface area contributed by atoms with Crippen molar-refractivity contribution in [2.24, 2.45) is 0 Å². The highest BCUT2D eigenvalue weighted by atomic mass is 79.9. The van der Waals surface area contributed by atoms with Gasteiger partial charge < -0.3 is 9.84 Å². The normalized spacial score (nSPS) is 13.6. The van der Waals surface area contributed by atoms with Crippen LogP contribution < -0.4 is 0 Å². The molecule has 0 aromatic carbocycles. The van der Waals surface area contributed by atoms with Crippen LogP contribution in [0.1, 0.15) is 24.8 Å². The van der Waals surface area contributed by atoms with Gasteiger partial charge in [0.15, 0.2) is 0 Å². The number of halogens is 1. The zero-order valence-corrected chi connectivity index (χ0v) is 10.1. The fourth-order valence-corrected chi connectivity index (χ4v) is 2.28. The number of rotatable bonds is 4. The van der Waals surface area contributed by atoms with E-state index in [1.54, 1.807) is 0 Å². The Morgan fingerprint density at radius 1 is 1.62 bits per heavy atom. The molecule has 0 fully saturated rings. The molecule has 2 nitrogen and oxygen atoms in total. The highest BCUT2D eigenvalue weighted by Gasteiger charge is 2.10. The molecule has 0 aliphatic carbocycles. The average molecular weight is 265 g/mol. The Labute approximate surface area is 90.7 Å². The molecule has 1 atom stereocenters. The Hall–Kier alpha value is 0.1000. The van der Waals surface area contributed by atoms with Gasteiger partial charge in [0.05, 0.1) is 12.7 Å². The SMILES string of the molecule is CC(C)OCC(O)c1cc(Br)cs1. The van der Waals surface area contributed by atoms with Crippen LogP contribution in [0, 0.1) is 0 Å². The zero-order valence-electron chi connectivity index (χ0n) is 7.66. The first kappa shape index (κ1) is 11.2. The fourth-order valence-electron chi connectivity index (χ4n) is 0.869. The smallest absolute Gasteiger partial charge is 0.111 e. The highest BCUT2D eigenvalue weighted by Crippen LogP contribution is 2.25. The number of ether oxygens (including phenoxy) is 1. The standard InChI is InChI=1S/C9H13BrO2S/c1-6(2)12-4-8(11)9-3-7(10)5-13-9/h3,5-6,8,11H,4H2,1-2H3. The summed E-state index contributed by atoms with van der Waals surface area (Å²) in [5.41, 5.74) is 0. The molecule has 1 N–H and O–H groups in total. The van der Waals surface area contributed by atoms with Crippen molar-refractivity contribution in [3.63, 3.8) is 0 Å². The van der Waals surface area contributed by atoms with Crippen molar-refractivity contribution < 1.29 is 9.84 Å². The third-order valence-corrected chi connectivity index (χ3v) is 3.30. The first-order chi connectivity index (χ1) is 6.09. The van der Waals surface area contributed by atoms with Crippen LogP contribution >= 0.6 is 27.3 Å². The summed E-state index contributed by atoms with van der Waals surface area (Å²) in [5, 5.41) is 11.6. The van der Waals surface area contributed by atoms with Gasteiger partial charge in [-0.15, -0.1) is 11.3 Å². The van der Waals surface area contributed by atoms with Crippen LogP contribution in [0.5, 0.6) is 0 Å². The van der Waals surface area contributed by atoms with Crippen molar-refractivity contribution in [1.29, 1.82) is 0 Å². The van der Waals surface area contributed by atoms with E-state index < -0.39 is 6.10 Å². The molecule has 0 amide bonds. The second-order valence-electron chi connectivity index (χ2n) is 3.07. The van der Waals surface area contributed by atoms with E-state index in [1.807, 2.05) is 25.3 Å². The summed E-state index contributed by atoms with van der Waals surface area (Å²) in [6.07, 6.45) is -0.336. The third kappa shape index (κ3) is 3.77. The van der Waals surface area contributed by atoms with E-state index in [1.165, 1.54) is 11.3 Å². The van der Waals surface area contributed by atoms with Gasteiger partial charge in [0.2, 0.25) is 0 Å². The van der Waals surface area contributed by atoms with Crippen molar-refractivity contribution in [2.45, 2.75) is 26.1 Å². The van der Waals surface area contributed by atoms with E-state index in [9.17, 15) is 5.11 Å². The van der Waals surface area contributed by atoms with Gasteiger partial charge in [-0.05, 0) is 35.8 Å². The molecule has 0 spiro atoms. The first-order valence-corrected chi connectivity index (χ1v) is 5.80. The number of aliphatic hydroxyl groups excluding tert-OH is 1. The van der Waals surface area contributed by atoms with Crippen LogP contribution in [-0.2, 0) is 4.74 Å². The average Bonchev–Trinajstić information content (AvgIpc) is 2.47. The summed E-state index contributed by atoms with van der Waals surface area (Å²) in [6, 6.07) is 1.92. The van der Waals surface area contributed by atoms with Gasteiger partial charge in [0.1, 0.15) is 6.10 Å². The Morgan fingerprint density at radius 3 is 2.77 bits per heavy atom. The molecule has 0 bridgehead atoms. The molecule has 74 valence electrons. The van der Waals surface area contributed by atoms with Crippen LogP contribution in [-0.4, -0.2) is 17.8 Å². The molecule has 0 aliphatic rings. The molecular formula is C9H13BrO2S. The summed E-state index contributed by atoms with van der Waals surface area (Å²) < 4.78 is 6.32. The predicted octanol–water partition coefficient (Wildman–Crippen LogP) is 2.97. The Morgan fingerprint density at radius 2 is 2.31 bits per heavy atom. The summed E-state index contributed by atoms with van der Waals surface area (Å²) in [5.74, 6) is 0. The lowest BCUT2D eigenvalue weighted by Gasteiger charge is -2.11. The monoisotopic (exact) mass is 264 g/mol. The zero-order chi connectivity index (χ0) is 9.84. The second-order valence-corrected chi connectivity index (χ2v) is 4.92. The van der Waals surface area contributed by atoms with E-state index in [0.29, 0.717) is 6.61 Å². The molecule has 13 heavy (non-hydrogen) atoms. The Kier molecular flexibility index (Phi) is 4.38. The van der Waals surface area contributed by atoms with E-state index >= 15 is 0 Å². The lowest BCUT2D eigenvalue weighted by molar-refractivity contribution is 0.00632. The molecular weight excluding hydrogens is 252 g/mol. The van der Waals surface area contributed by atoms with E-state index in [-0.39, 0.29) is 6.10 Å². The van der Waals surface area contributed by atoms with Crippen molar-refractivity contribution >= 4 is 27.3 Å². The van der Waals surface area contributed by atoms with Crippen LogP contribution in [0.3, 0.4) is 0 Å². The van der Waals surface area contributed by atoms with Gasteiger partial charge in [-0.1, -0.05) is 0 Å². The molecule has 0 saturated heterocycles. The molecule has 4 heteroatoms. The summed E-state index contributed by atoms with van der Waals surface area (Å²) in [6.45, 7) is 4.28. The van der Waals surface area contributed by atoms with Crippen molar-refractivity contribution in [1.82, 2.24) is 0 Å². The minimum absolute atomic E-state index is 0.165. The van der Waals surface area contributed by atoms with Crippen molar-refractivity contribution in [3.8, 4) is 0 Å². The third-order valence-electron chi connectivity index (χ3n) is 1.50. The van der Waals surface area contributed by atoms with Crippen LogP contribution in [0.15, 0.2) is 15.9 Å². The van der Waals surface area contributed by atoms with Crippen molar-refractivity contribution in [3.05, 3.63) is 20.8 Å². The Balaban J connectivity index is 2.44. The largest absolute Gasteiger partial charge is 0.385 e. The quantitative estimate of drug-likeness (QED) is 0.906. The van der Waals surface area contributed by atoms with E-state index in [2.05, 4.69) is 15.9 Å². The number of hydrogen-bond donors (Lipinski definition) is 1. The molecule has 1 aromatic rings. The van der Waals surface area contributed by atoms with Gasteiger partial charge in [0, 0.05) is 14.7 Å². The van der Waals surface area contributed by atoms with Gasteiger partial charge in [0.25, 0.3) is 0 Å². The molecule has 1 rings (SSSR count). The molecule has 1 unspecified atom stereocenters. The molecule has 0 aliphatic heterocycles. The summed E-state index contributed by atoms with van der Waals surface area (Å²) in [7, 11) is 0. The minimum Gasteiger partial charge on any atom is -0.385 e. The van der Waals surface area contributed by atoms with Gasteiger partial charge in [-0.3, -0.25) is 0 Å². The topological polar surface area (TPSA) is 29.5 Å². The van der Waals surface area contributed by atoms with Crippen LogP contribution in [0.25, 0.3) is 0 Å². The van der Waals surface area contributed by atoms with Crippen molar-refractivity contribution in [2.75, 3.05) is 6.61 Å². The highest BCUT2D eigenvalue weighted by molar-refractivity contribution is 9.10. The van der Waals surface area contributed by atoms with Crippen LogP contribution in [0.4, 0.5) is 0 Å². The van der Waals surface area contributed by atoms with Gasteiger partial charge >= 0.3 is 0 Å². The number of thiophene rings is 1. The predicted molar refractivity (Wildman–Crippen MR) is 58.1 cm³/mol. The number of hydrogen-bond acceptors (Lipinski definition) is 3. The van der Waals surface area contributed by atoms with Gasteiger partial charge in [-0.2, -0.15) is 0 Å². The van der Waals surface area contributed by atoms with E-state index in [4.69, 9.17) is 4.74 Å². The molecule has 1 heterocycles. The lowest BCUT2D eigenvalue weighted by atomic mass is 10.3. The van der Waals surface area contributed by atoms with Gasteiger partial charge in [-0.25, -0.2) is 0 Å². The summed E-state index contributed by atoms with van der Waals surface area (Å²) >= 11 is 4.87. The van der Waals surface area contributed by atoms with Crippen LogP contribution in [0.2, 0.25) is 0 Å². The minimum atomic E-state index is -0.501. The molecule has 0 saturated carbocycles. The maximum Gasteiger partial charge on any atom is 0.111 e. The second kappa shape index (κ2) is 5.10. The molecule has 0 radical (unpaired) electrons. The Bertz CT molecular complexity index is 260. The lowest BCUT2D eigenvalue weighted by Crippen LogP contribution is -2.10.